The van der Waals surface area contributed by atoms with E-state index in [2.05, 4.69) is 119 Å². The van der Waals surface area contributed by atoms with Crippen molar-refractivity contribution in [3.05, 3.63) is 136 Å². The lowest BCUT2D eigenvalue weighted by Gasteiger charge is -2.41. The third kappa shape index (κ3) is 4.32. The van der Waals surface area contributed by atoms with E-state index in [-0.39, 0.29) is 18.5 Å². The Balaban J connectivity index is 1.15. The molecule has 0 bridgehead atoms. The second-order valence-electron chi connectivity index (χ2n) is 12.4. The molecule has 5 aromatic rings. The lowest BCUT2D eigenvalue weighted by molar-refractivity contribution is 0.219. The molecule has 3 N–H and O–H groups in total. The van der Waals surface area contributed by atoms with E-state index in [1.54, 1.807) is 0 Å². The molecule has 1 aliphatic heterocycles. The molecule has 4 nitrogen and oxygen atoms in total. The number of hydrogen-bond donors (Lipinski definition) is 3. The second-order valence-corrected chi connectivity index (χ2v) is 12.4. The van der Waals surface area contributed by atoms with Crippen LogP contribution in [0, 0.1) is 0 Å². The van der Waals surface area contributed by atoms with Gasteiger partial charge in [0.1, 0.15) is 11.5 Å². The number of nitrogens with one attached hydrogen (secondary N) is 3. The normalized spacial score (nSPS) is 22.7. The highest BCUT2D eigenvalue weighted by Gasteiger charge is 2.32. The summed E-state index contributed by atoms with van der Waals surface area (Å²) in [6, 6.07) is 27.1. The van der Waals surface area contributed by atoms with Gasteiger partial charge in [-0.2, -0.15) is 0 Å². The maximum absolute atomic E-state index is 6.46. The van der Waals surface area contributed by atoms with E-state index in [0.717, 1.165) is 50.0 Å². The summed E-state index contributed by atoms with van der Waals surface area (Å²) in [6.45, 7) is 0. The van der Waals surface area contributed by atoms with Crippen molar-refractivity contribution in [2.75, 3.05) is 0 Å². The smallest absolute Gasteiger partial charge is 0.112 e. The lowest BCUT2D eigenvalue weighted by Crippen LogP contribution is -2.59. The average Bonchev–Trinajstić information content (AvgIpc) is 3.47. The minimum absolute atomic E-state index is 0.00526. The van der Waals surface area contributed by atoms with Gasteiger partial charge < -0.3 is 4.42 Å². The van der Waals surface area contributed by atoms with E-state index in [9.17, 15) is 0 Å². The van der Waals surface area contributed by atoms with Crippen molar-refractivity contribution >= 4 is 27.6 Å². The zero-order valence-electron chi connectivity index (χ0n) is 24.2. The molecule has 3 aliphatic carbocycles. The SMILES string of the molecule is C1=CCCC(C2NC(c3ccc4ccccc4c3)NC(c3ccc4ccc5c(c4c3)-c3c(oc4c3C=CCC4)CC5)N2)=C1. The van der Waals surface area contributed by atoms with Gasteiger partial charge in [0, 0.05) is 24.0 Å². The highest BCUT2D eigenvalue weighted by molar-refractivity contribution is 6.02. The molecule has 4 aliphatic rings. The Morgan fingerprint density at radius 2 is 1.37 bits per heavy atom. The van der Waals surface area contributed by atoms with Crippen LogP contribution >= 0.6 is 0 Å². The molecule has 1 aromatic heterocycles. The molecule has 1 fully saturated rings. The van der Waals surface area contributed by atoms with Gasteiger partial charge in [0.25, 0.3) is 0 Å². The summed E-state index contributed by atoms with van der Waals surface area (Å²) in [4.78, 5) is 0. The van der Waals surface area contributed by atoms with E-state index in [1.165, 1.54) is 60.5 Å². The van der Waals surface area contributed by atoms with E-state index >= 15 is 0 Å². The van der Waals surface area contributed by atoms with Crippen LogP contribution < -0.4 is 16.0 Å². The quantitative estimate of drug-likeness (QED) is 0.207. The zero-order valence-corrected chi connectivity index (χ0v) is 24.2. The van der Waals surface area contributed by atoms with Crippen LogP contribution in [0.2, 0.25) is 0 Å². The number of hydrogen-bond acceptors (Lipinski definition) is 4. The van der Waals surface area contributed by atoms with Crippen molar-refractivity contribution in [2.45, 2.75) is 57.0 Å². The van der Waals surface area contributed by atoms with Crippen LogP contribution in [0.5, 0.6) is 0 Å². The number of rotatable bonds is 3. The summed E-state index contributed by atoms with van der Waals surface area (Å²) in [6.07, 6.45) is 17.6. The van der Waals surface area contributed by atoms with Crippen molar-refractivity contribution in [3.8, 4) is 11.1 Å². The van der Waals surface area contributed by atoms with Crippen molar-refractivity contribution in [1.82, 2.24) is 16.0 Å². The first kappa shape index (κ1) is 25.3. The molecule has 3 unspecified atom stereocenters. The van der Waals surface area contributed by atoms with Crippen molar-refractivity contribution in [1.29, 1.82) is 0 Å². The topological polar surface area (TPSA) is 49.2 Å². The predicted octanol–water partition coefficient (Wildman–Crippen LogP) is 8.39. The lowest BCUT2D eigenvalue weighted by atomic mass is 9.83. The summed E-state index contributed by atoms with van der Waals surface area (Å²) in [5.74, 6) is 2.32. The molecule has 3 atom stereocenters. The molecule has 0 radical (unpaired) electrons. The standard InChI is InChI=1S/C39H35N3O/c1-2-9-27(10-3-1)37-40-38(29-18-14-24-8-4-5-11-28(24)22-29)42-39(41-37)30-19-16-25-15-17-26-20-21-34-36(35(26)32(25)23-30)31-12-6-7-13-33(31)43-34/h1-2,4-6,8-9,11-12,14-19,22-23,37-42H,3,7,10,13,20-21H2. The molecule has 212 valence electrons. The first-order valence-corrected chi connectivity index (χ1v) is 15.8. The Morgan fingerprint density at radius 3 is 2.23 bits per heavy atom. The molecule has 0 spiro atoms. The van der Waals surface area contributed by atoms with Gasteiger partial charge in [-0.25, -0.2) is 0 Å². The van der Waals surface area contributed by atoms with Gasteiger partial charge in [0.2, 0.25) is 0 Å². The minimum atomic E-state index is -0.0176. The van der Waals surface area contributed by atoms with Crippen LogP contribution in [0.4, 0.5) is 0 Å². The molecule has 4 heteroatoms. The number of fused-ring (bicyclic) bond motifs is 8. The second kappa shape index (κ2) is 10.2. The predicted molar refractivity (Wildman–Crippen MR) is 175 cm³/mol. The van der Waals surface area contributed by atoms with Gasteiger partial charge in [-0.3, -0.25) is 16.0 Å². The summed E-state index contributed by atoms with van der Waals surface area (Å²) in [5, 5.41) is 16.9. The van der Waals surface area contributed by atoms with Gasteiger partial charge in [0.05, 0.1) is 18.5 Å². The Labute approximate surface area is 252 Å². The van der Waals surface area contributed by atoms with Gasteiger partial charge in [-0.05, 0) is 87.2 Å². The molecular weight excluding hydrogens is 526 g/mol. The highest BCUT2D eigenvalue weighted by atomic mass is 16.3. The molecular formula is C39H35N3O. The molecule has 43 heavy (non-hydrogen) atoms. The Kier molecular flexibility index (Phi) is 6.00. The Bertz CT molecular complexity index is 1990. The maximum Gasteiger partial charge on any atom is 0.112 e. The van der Waals surface area contributed by atoms with Crippen molar-refractivity contribution < 1.29 is 4.42 Å². The minimum Gasteiger partial charge on any atom is -0.465 e. The number of furan rings is 1. The molecule has 4 aromatic carbocycles. The van der Waals surface area contributed by atoms with Crippen LogP contribution in [0.25, 0.3) is 38.7 Å². The molecule has 9 rings (SSSR count). The fourth-order valence-corrected chi connectivity index (χ4v) is 7.58. The van der Waals surface area contributed by atoms with E-state index in [4.69, 9.17) is 4.42 Å². The summed E-state index contributed by atoms with van der Waals surface area (Å²) in [5.41, 5.74) is 9.33. The van der Waals surface area contributed by atoms with Crippen LogP contribution in [-0.4, -0.2) is 6.17 Å². The molecule has 0 amide bonds. The molecule has 2 heterocycles. The number of benzene rings is 4. The Hall–Kier alpha value is -4.22. The fraction of sp³-hybridized carbons (Fsp3) is 0.231. The Morgan fingerprint density at radius 1 is 0.605 bits per heavy atom. The summed E-state index contributed by atoms with van der Waals surface area (Å²) < 4.78 is 6.46. The number of aryl methyl sites for hydroxylation is 3. The van der Waals surface area contributed by atoms with Crippen LogP contribution in [0.3, 0.4) is 0 Å². The van der Waals surface area contributed by atoms with E-state index < -0.39 is 0 Å². The van der Waals surface area contributed by atoms with Gasteiger partial charge in [-0.15, -0.1) is 0 Å². The van der Waals surface area contributed by atoms with E-state index in [0.29, 0.717) is 0 Å². The molecule has 0 saturated carbocycles. The molecule has 1 saturated heterocycles. The summed E-state index contributed by atoms with van der Waals surface area (Å²) >= 11 is 0. The fourth-order valence-electron chi connectivity index (χ4n) is 7.58. The first-order chi connectivity index (χ1) is 21.3. The van der Waals surface area contributed by atoms with Crippen molar-refractivity contribution in [2.24, 2.45) is 0 Å². The van der Waals surface area contributed by atoms with Gasteiger partial charge in [-0.1, -0.05) is 91.0 Å². The maximum atomic E-state index is 6.46. The zero-order chi connectivity index (χ0) is 28.3. The van der Waals surface area contributed by atoms with Crippen LogP contribution in [0.1, 0.15) is 65.4 Å². The van der Waals surface area contributed by atoms with Gasteiger partial charge in [0.15, 0.2) is 0 Å². The average molecular weight is 562 g/mol. The van der Waals surface area contributed by atoms with Gasteiger partial charge >= 0.3 is 0 Å². The largest absolute Gasteiger partial charge is 0.465 e. The van der Waals surface area contributed by atoms with Crippen LogP contribution in [0.15, 0.2) is 107 Å². The third-order valence-electron chi connectivity index (χ3n) is 9.78. The monoisotopic (exact) mass is 561 g/mol. The van der Waals surface area contributed by atoms with E-state index in [1.807, 2.05) is 0 Å². The number of allylic oxidation sites excluding steroid dienone is 4. The van der Waals surface area contributed by atoms with Crippen LogP contribution in [-0.2, 0) is 19.3 Å². The van der Waals surface area contributed by atoms with Crippen molar-refractivity contribution in [3.63, 3.8) is 0 Å². The third-order valence-corrected chi connectivity index (χ3v) is 9.78. The first-order valence-electron chi connectivity index (χ1n) is 15.8. The highest BCUT2D eigenvalue weighted by Crippen LogP contribution is 2.45. The summed E-state index contributed by atoms with van der Waals surface area (Å²) in [7, 11) is 0.